The summed E-state index contributed by atoms with van der Waals surface area (Å²) < 4.78 is 32.5. The zero-order valence-electron chi connectivity index (χ0n) is 16.1. The van der Waals surface area contributed by atoms with Gasteiger partial charge in [-0.15, -0.1) is 0 Å². The van der Waals surface area contributed by atoms with Crippen molar-refractivity contribution in [2.45, 2.75) is 50.0 Å². The summed E-state index contributed by atoms with van der Waals surface area (Å²) in [4.78, 5) is 36.6. The third-order valence-corrected chi connectivity index (χ3v) is 8.08. The van der Waals surface area contributed by atoms with Gasteiger partial charge in [0.25, 0.3) is 0 Å². The van der Waals surface area contributed by atoms with Crippen molar-refractivity contribution in [3.63, 3.8) is 0 Å². The highest BCUT2D eigenvalue weighted by Crippen LogP contribution is 2.53. The second-order valence-corrected chi connectivity index (χ2v) is 9.51. The van der Waals surface area contributed by atoms with Crippen LogP contribution in [0.4, 0.5) is 0 Å². The van der Waals surface area contributed by atoms with Gasteiger partial charge in [0.15, 0.2) is 5.78 Å². The van der Waals surface area contributed by atoms with Crippen LogP contribution in [0.15, 0.2) is 29.2 Å². The molecule has 1 aromatic carbocycles. The van der Waals surface area contributed by atoms with Crippen LogP contribution < -0.4 is 0 Å². The predicted octanol–water partition coefficient (Wildman–Crippen LogP) is 1.88. The maximum Gasteiger partial charge on any atom is 0.305 e. The molecule has 2 fully saturated rings. The lowest BCUT2D eigenvalue weighted by Crippen LogP contribution is -2.51. The van der Waals surface area contributed by atoms with Crippen molar-refractivity contribution in [3.05, 3.63) is 29.8 Å². The Kier molecular flexibility index (Phi) is 5.72. The van der Waals surface area contributed by atoms with E-state index < -0.39 is 33.4 Å². The molecule has 0 unspecified atom stereocenters. The fourth-order valence-corrected chi connectivity index (χ4v) is 6.45. The van der Waals surface area contributed by atoms with Crippen molar-refractivity contribution in [2.24, 2.45) is 11.3 Å². The molecule has 1 aromatic rings. The van der Waals surface area contributed by atoms with Crippen molar-refractivity contribution in [1.82, 2.24) is 4.31 Å². The molecule has 3 atom stereocenters. The Hall–Kier alpha value is -2.06. The van der Waals surface area contributed by atoms with Gasteiger partial charge in [-0.05, 0) is 37.8 Å². The molecule has 0 bridgehead atoms. The number of esters is 1. The van der Waals surface area contributed by atoms with Crippen LogP contribution in [0.3, 0.4) is 0 Å². The number of ketones is 1. The first-order chi connectivity index (χ1) is 13.3. The molecule has 1 aliphatic heterocycles. The Labute approximate surface area is 165 Å². The lowest BCUT2D eigenvalue weighted by atomic mass is 9.60. The van der Waals surface area contributed by atoms with Gasteiger partial charge >= 0.3 is 5.97 Å². The van der Waals surface area contributed by atoms with Crippen LogP contribution in [0, 0.1) is 18.3 Å². The van der Waals surface area contributed by atoms with Crippen LogP contribution in [-0.2, 0) is 29.1 Å². The van der Waals surface area contributed by atoms with E-state index in [1.165, 1.54) is 23.5 Å². The zero-order valence-corrected chi connectivity index (χ0v) is 16.9. The number of hydrogen-bond donors (Lipinski definition) is 0. The number of Topliss-reactive ketones (excluding diaryl/α,β-unsaturated/α-hetero) is 1. The van der Waals surface area contributed by atoms with Gasteiger partial charge in [-0.25, -0.2) is 8.42 Å². The molecule has 28 heavy (non-hydrogen) atoms. The first kappa shape index (κ1) is 20.7. The SMILES string of the molecule is COC(=O)C[C@@H]1CCC[C@H]2N(S(=O)(=O)c3ccc(C)cc3)CC(=O)[C@@]12CC=O. The average molecular weight is 407 g/mol. The second-order valence-electron chi connectivity index (χ2n) is 7.62. The number of benzene rings is 1. The topological polar surface area (TPSA) is 97.8 Å². The predicted molar refractivity (Wildman–Crippen MR) is 101 cm³/mol. The molecule has 1 heterocycles. The Bertz CT molecular complexity index is 878. The molecule has 1 saturated heterocycles. The Morgan fingerprint density at radius 3 is 2.57 bits per heavy atom. The summed E-state index contributed by atoms with van der Waals surface area (Å²) in [6, 6.07) is 5.86. The number of aldehydes is 1. The van der Waals surface area contributed by atoms with Gasteiger partial charge < -0.3 is 9.53 Å². The first-order valence-corrected chi connectivity index (χ1v) is 10.8. The molecule has 0 amide bonds. The van der Waals surface area contributed by atoms with E-state index in [4.69, 9.17) is 4.74 Å². The summed E-state index contributed by atoms with van der Waals surface area (Å²) in [5.41, 5.74) is -0.228. The second kappa shape index (κ2) is 7.75. The molecule has 0 spiro atoms. The van der Waals surface area contributed by atoms with Crippen molar-refractivity contribution >= 4 is 28.1 Å². The Morgan fingerprint density at radius 1 is 1.29 bits per heavy atom. The van der Waals surface area contributed by atoms with Gasteiger partial charge in [-0.2, -0.15) is 4.31 Å². The molecule has 3 rings (SSSR count). The number of fused-ring (bicyclic) bond motifs is 1. The smallest absolute Gasteiger partial charge is 0.305 e. The minimum absolute atomic E-state index is 0.00496. The van der Waals surface area contributed by atoms with Gasteiger partial charge in [0, 0.05) is 18.9 Å². The number of carbonyl (C=O) groups excluding carboxylic acids is 3. The number of carbonyl (C=O) groups is 3. The summed E-state index contributed by atoms with van der Waals surface area (Å²) in [7, 11) is -2.61. The number of aryl methyl sites for hydroxylation is 1. The average Bonchev–Trinajstić information content (AvgIpc) is 2.97. The molecule has 2 aliphatic rings. The van der Waals surface area contributed by atoms with Crippen LogP contribution >= 0.6 is 0 Å². The number of rotatable bonds is 6. The van der Waals surface area contributed by atoms with Gasteiger partial charge in [0.05, 0.1) is 24.0 Å². The molecular weight excluding hydrogens is 382 g/mol. The van der Waals surface area contributed by atoms with Crippen LogP contribution in [0.25, 0.3) is 0 Å². The zero-order chi connectivity index (χ0) is 20.5. The highest BCUT2D eigenvalue weighted by molar-refractivity contribution is 7.89. The van der Waals surface area contributed by atoms with E-state index >= 15 is 0 Å². The lowest BCUT2D eigenvalue weighted by molar-refractivity contribution is -0.146. The summed E-state index contributed by atoms with van der Waals surface area (Å²) in [5, 5.41) is 0. The number of methoxy groups -OCH3 is 1. The summed E-state index contributed by atoms with van der Waals surface area (Å²) in [5.74, 6) is -1.15. The lowest BCUT2D eigenvalue weighted by Gasteiger charge is -2.44. The van der Waals surface area contributed by atoms with E-state index in [1.807, 2.05) is 6.92 Å². The number of ether oxygens (including phenoxy) is 1. The third-order valence-electron chi connectivity index (χ3n) is 6.21. The number of hydrogen-bond acceptors (Lipinski definition) is 6. The standard InChI is InChI=1S/C20H25NO6S/c1-14-6-8-16(9-7-14)28(25,26)21-13-18(23)20(10-11-22)15(12-19(24)27-2)4-3-5-17(20)21/h6-9,11,15,17H,3-5,10,12-13H2,1-2H3/t15-,17+,20-/m0/s1. The number of sulfonamides is 1. The van der Waals surface area contributed by atoms with Crippen LogP contribution in [0.1, 0.15) is 37.7 Å². The minimum Gasteiger partial charge on any atom is -0.469 e. The van der Waals surface area contributed by atoms with Crippen LogP contribution in [-0.4, -0.2) is 50.5 Å². The maximum absolute atomic E-state index is 13.3. The minimum atomic E-state index is -3.89. The first-order valence-electron chi connectivity index (χ1n) is 9.39. The van der Waals surface area contributed by atoms with E-state index in [1.54, 1.807) is 12.1 Å². The largest absolute Gasteiger partial charge is 0.469 e. The van der Waals surface area contributed by atoms with Gasteiger partial charge in [-0.1, -0.05) is 24.1 Å². The van der Waals surface area contributed by atoms with Gasteiger partial charge in [0.1, 0.15) is 6.29 Å². The molecule has 8 heteroatoms. The summed E-state index contributed by atoms with van der Waals surface area (Å²) in [6.45, 7) is 1.59. The highest BCUT2D eigenvalue weighted by atomic mass is 32.2. The van der Waals surface area contributed by atoms with Crippen molar-refractivity contribution in [3.8, 4) is 0 Å². The molecule has 0 radical (unpaired) electrons. The fraction of sp³-hybridized carbons (Fsp3) is 0.550. The summed E-state index contributed by atoms with van der Waals surface area (Å²) in [6.07, 6.45) is 2.34. The van der Waals surface area contributed by atoms with E-state index in [0.29, 0.717) is 25.5 Å². The molecule has 0 N–H and O–H groups in total. The third kappa shape index (κ3) is 3.28. The van der Waals surface area contributed by atoms with Crippen LogP contribution in [0.5, 0.6) is 0 Å². The fourth-order valence-electron chi connectivity index (χ4n) is 4.78. The van der Waals surface area contributed by atoms with Crippen LogP contribution in [0.2, 0.25) is 0 Å². The molecular formula is C20H25NO6S. The van der Waals surface area contributed by atoms with E-state index in [-0.39, 0.29) is 30.1 Å². The molecule has 1 saturated carbocycles. The van der Waals surface area contributed by atoms with E-state index in [0.717, 1.165) is 5.56 Å². The van der Waals surface area contributed by atoms with Crippen molar-refractivity contribution in [1.29, 1.82) is 0 Å². The maximum atomic E-state index is 13.3. The molecule has 1 aliphatic carbocycles. The summed E-state index contributed by atoms with van der Waals surface area (Å²) >= 11 is 0. The van der Waals surface area contributed by atoms with E-state index in [9.17, 15) is 22.8 Å². The van der Waals surface area contributed by atoms with Gasteiger partial charge in [0.2, 0.25) is 10.0 Å². The quantitative estimate of drug-likeness (QED) is 0.527. The van der Waals surface area contributed by atoms with Gasteiger partial charge in [-0.3, -0.25) is 9.59 Å². The van der Waals surface area contributed by atoms with Crippen molar-refractivity contribution in [2.75, 3.05) is 13.7 Å². The van der Waals surface area contributed by atoms with Crippen molar-refractivity contribution < 1.29 is 27.5 Å². The van der Waals surface area contributed by atoms with E-state index in [2.05, 4.69) is 0 Å². The monoisotopic (exact) mass is 407 g/mol. The molecule has 152 valence electrons. The normalized spacial score (nSPS) is 28.0. The Morgan fingerprint density at radius 2 is 1.96 bits per heavy atom. The number of nitrogens with zero attached hydrogens (tertiary/aromatic N) is 1. The Balaban J connectivity index is 2.03. The molecule has 0 aromatic heterocycles. The highest BCUT2D eigenvalue weighted by Gasteiger charge is 2.61. The molecule has 7 nitrogen and oxygen atoms in total.